The molecule has 0 heterocycles. The van der Waals surface area contributed by atoms with E-state index in [1.54, 1.807) is 24.3 Å². The minimum atomic E-state index is -0.177. The van der Waals surface area contributed by atoms with E-state index in [0.717, 1.165) is 29.7 Å². The first-order chi connectivity index (χ1) is 10.1. The van der Waals surface area contributed by atoms with Crippen LogP contribution in [0.1, 0.15) is 35.3 Å². The van der Waals surface area contributed by atoms with Gasteiger partial charge in [-0.15, -0.1) is 0 Å². The molecule has 0 saturated carbocycles. The van der Waals surface area contributed by atoms with Crippen molar-refractivity contribution in [1.29, 1.82) is 0 Å². The van der Waals surface area contributed by atoms with Crippen molar-refractivity contribution in [3.63, 3.8) is 0 Å². The molecule has 2 aromatic rings. The monoisotopic (exact) mass is 321 g/mol. The Labute approximate surface area is 135 Å². The first-order valence-electron chi connectivity index (χ1n) is 6.94. The molecule has 0 aliphatic heterocycles. The van der Waals surface area contributed by atoms with Crippen LogP contribution in [0.25, 0.3) is 0 Å². The van der Waals surface area contributed by atoms with Crippen LogP contribution >= 0.6 is 23.2 Å². The summed E-state index contributed by atoms with van der Waals surface area (Å²) in [6.45, 7) is 4.08. The first kappa shape index (κ1) is 15.9. The van der Waals surface area contributed by atoms with Crippen LogP contribution in [-0.4, -0.2) is 5.91 Å². The molecule has 0 aliphatic carbocycles. The Kier molecular flexibility index (Phi) is 5.27. The number of halogens is 2. The van der Waals surface area contributed by atoms with Gasteiger partial charge in [-0.1, -0.05) is 49.2 Å². The van der Waals surface area contributed by atoms with Crippen molar-refractivity contribution in [3.8, 4) is 0 Å². The highest BCUT2D eigenvalue weighted by atomic mass is 35.5. The van der Waals surface area contributed by atoms with Crippen LogP contribution < -0.4 is 5.32 Å². The van der Waals surface area contributed by atoms with Gasteiger partial charge >= 0.3 is 0 Å². The molecule has 2 nitrogen and oxygen atoms in total. The van der Waals surface area contributed by atoms with Gasteiger partial charge in [0.1, 0.15) is 0 Å². The van der Waals surface area contributed by atoms with Crippen LogP contribution in [0.15, 0.2) is 36.4 Å². The first-order valence-corrected chi connectivity index (χ1v) is 7.69. The minimum Gasteiger partial charge on any atom is -0.321 e. The molecule has 0 aromatic heterocycles. The number of aryl methyl sites for hydroxylation is 1. The average Bonchev–Trinajstić information content (AvgIpc) is 2.47. The minimum absolute atomic E-state index is 0.177. The summed E-state index contributed by atoms with van der Waals surface area (Å²) in [6, 6.07) is 10.7. The highest BCUT2D eigenvalue weighted by molar-refractivity contribution is 6.32. The van der Waals surface area contributed by atoms with Crippen molar-refractivity contribution in [2.45, 2.75) is 26.7 Å². The number of carbonyl (C=O) groups excluding carboxylic acids is 1. The van der Waals surface area contributed by atoms with Gasteiger partial charge in [-0.05, 0) is 48.2 Å². The number of carbonyl (C=O) groups is 1. The summed E-state index contributed by atoms with van der Waals surface area (Å²) < 4.78 is 0. The van der Waals surface area contributed by atoms with Gasteiger partial charge in [-0.25, -0.2) is 0 Å². The molecule has 0 fully saturated rings. The molecule has 1 amide bonds. The average molecular weight is 322 g/mol. The number of rotatable bonds is 4. The lowest BCUT2D eigenvalue weighted by Crippen LogP contribution is -2.15. The van der Waals surface area contributed by atoms with Crippen molar-refractivity contribution in [1.82, 2.24) is 0 Å². The van der Waals surface area contributed by atoms with Gasteiger partial charge in [-0.2, -0.15) is 0 Å². The summed E-state index contributed by atoms with van der Waals surface area (Å²) in [5.41, 5.74) is 3.39. The maximum Gasteiger partial charge on any atom is 0.255 e. The van der Waals surface area contributed by atoms with E-state index in [0.29, 0.717) is 15.6 Å². The molecule has 110 valence electrons. The van der Waals surface area contributed by atoms with E-state index < -0.39 is 0 Å². The zero-order valence-electron chi connectivity index (χ0n) is 12.0. The number of amides is 1. The molecule has 0 unspecified atom stereocenters. The largest absolute Gasteiger partial charge is 0.321 e. The number of nitrogens with one attached hydrogen (secondary N) is 1. The Balaban J connectivity index is 2.38. The van der Waals surface area contributed by atoms with Gasteiger partial charge in [0.15, 0.2) is 0 Å². The number of hydrogen-bond donors (Lipinski definition) is 1. The van der Waals surface area contributed by atoms with E-state index in [9.17, 15) is 4.79 Å². The van der Waals surface area contributed by atoms with Gasteiger partial charge in [0.05, 0.1) is 0 Å². The molecule has 21 heavy (non-hydrogen) atoms. The van der Waals surface area contributed by atoms with Crippen molar-refractivity contribution in [3.05, 3.63) is 63.1 Å². The highest BCUT2D eigenvalue weighted by Crippen LogP contribution is 2.30. The molecule has 2 rings (SSSR count). The Morgan fingerprint density at radius 1 is 1.10 bits per heavy atom. The lowest BCUT2D eigenvalue weighted by molar-refractivity contribution is 0.102. The van der Waals surface area contributed by atoms with Crippen molar-refractivity contribution in [2.75, 3.05) is 5.32 Å². The maximum absolute atomic E-state index is 12.4. The smallest absolute Gasteiger partial charge is 0.255 e. The summed E-state index contributed by atoms with van der Waals surface area (Å²) in [4.78, 5) is 12.4. The summed E-state index contributed by atoms with van der Waals surface area (Å²) >= 11 is 12.2. The molecule has 0 saturated heterocycles. The standard InChI is InChI=1S/C17H17Cl2NO/c1-3-11-8-9-15(19)14(4-2)16(11)20-17(21)12-6-5-7-13(18)10-12/h5-10H,3-4H2,1-2H3,(H,20,21). The Morgan fingerprint density at radius 2 is 1.86 bits per heavy atom. The summed E-state index contributed by atoms with van der Waals surface area (Å²) in [5, 5.41) is 4.20. The molecular formula is C17H17Cl2NO. The second-order valence-electron chi connectivity index (χ2n) is 4.73. The third-order valence-electron chi connectivity index (χ3n) is 3.40. The van der Waals surface area contributed by atoms with Gasteiger partial charge in [0, 0.05) is 21.3 Å². The molecule has 0 aliphatic rings. The molecule has 0 radical (unpaired) electrons. The van der Waals surface area contributed by atoms with Crippen molar-refractivity contribution < 1.29 is 4.79 Å². The zero-order valence-corrected chi connectivity index (χ0v) is 13.6. The molecule has 1 N–H and O–H groups in total. The molecule has 0 atom stereocenters. The fraction of sp³-hybridized carbons (Fsp3) is 0.235. The van der Waals surface area contributed by atoms with E-state index in [-0.39, 0.29) is 5.91 Å². The second kappa shape index (κ2) is 6.97. The lowest BCUT2D eigenvalue weighted by Gasteiger charge is -2.16. The van der Waals surface area contributed by atoms with E-state index >= 15 is 0 Å². The number of hydrogen-bond acceptors (Lipinski definition) is 1. The van der Waals surface area contributed by atoms with Crippen LogP contribution in [0.4, 0.5) is 5.69 Å². The predicted molar refractivity (Wildman–Crippen MR) is 89.6 cm³/mol. The third-order valence-corrected chi connectivity index (χ3v) is 3.99. The fourth-order valence-electron chi connectivity index (χ4n) is 2.28. The van der Waals surface area contributed by atoms with Crippen LogP contribution in [0.3, 0.4) is 0 Å². The topological polar surface area (TPSA) is 29.1 Å². The van der Waals surface area contributed by atoms with Crippen molar-refractivity contribution >= 4 is 34.8 Å². The number of anilines is 1. The second-order valence-corrected chi connectivity index (χ2v) is 5.58. The van der Waals surface area contributed by atoms with Gasteiger partial charge in [-0.3, -0.25) is 4.79 Å². The quantitative estimate of drug-likeness (QED) is 0.805. The lowest BCUT2D eigenvalue weighted by atomic mass is 10.0. The molecule has 0 spiro atoms. The van der Waals surface area contributed by atoms with Crippen LogP contribution in [0, 0.1) is 0 Å². The fourth-order valence-corrected chi connectivity index (χ4v) is 2.76. The summed E-state index contributed by atoms with van der Waals surface area (Å²) in [7, 11) is 0. The maximum atomic E-state index is 12.4. The highest BCUT2D eigenvalue weighted by Gasteiger charge is 2.14. The van der Waals surface area contributed by atoms with Gasteiger partial charge in [0.25, 0.3) is 5.91 Å². The zero-order chi connectivity index (χ0) is 15.4. The molecule has 2 aromatic carbocycles. The molecule has 4 heteroatoms. The van der Waals surface area contributed by atoms with E-state index in [4.69, 9.17) is 23.2 Å². The van der Waals surface area contributed by atoms with Gasteiger partial charge < -0.3 is 5.32 Å². The predicted octanol–water partition coefficient (Wildman–Crippen LogP) is 5.37. The Morgan fingerprint density at radius 3 is 2.48 bits per heavy atom. The third kappa shape index (κ3) is 3.58. The van der Waals surface area contributed by atoms with E-state index in [1.165, 1.54) is 0 Å². The van der Waals surface area contributed by atoms with Crippen LogP contribution in [0.2, 0.25) is 10.0 Å². The summed E-state index contributed by atoms with van der Waals surface area (Å²) in [5.74, 6) is -0.177. The van der Waals surface area contributed by atoms with Crippen LogP contribution in [-0.2, 0) is 12.8 Å². The Hall–Kier alpha value is -1.51. The van der Waals surface area contributed by atoms with Crippen molar-refractivity contribution in [2.24, 2.45) is 0 Å². The molecule has 0 bridgehead atoms. The SMILES string of the molecule is CCc1ccc(Cl)c(CC)c1NC(=O)c1cccc(Cl)c1. The number of benzene rings is 2. The van der Waals surface area contributed by atoms with E-state index in [2.05, 4.69) is 12.2 Å². The van der Waals surface area contributed by atoms with E-state index in [1.807, 2.05) is 19.1 Å². The summed E-state index contributed by atoms with van der Waals surface area (Å²) in [6.07, 6.45) is 1.59. The normalized spacial score (nSPS) is 10.5. The van der Waals surface area contributed by atoms with Gasteiger partial charge in [0.2, 0.25) is 0 Å². The molecular weight excluding hydrogens is 305 g/mol. The van der Waals surface area contributed by atoms with Crippen LogP contribution in [0.5, 0.6) is 0 Å². The Bertz CT molecular complexity index is 668.